The Morgan fingerprint density at radius 2 is 2.00 bits per heavy atom. The Morgan fingerprint density at radius 3 is 2.42 bits per heavy atom. The first kappa shape index (κ1) is 13.8. The zero-order valence-electron chi connectivity index (χ0n) is 10.6. The predicted octanol–water partition coefficient (Wildman–Crippen LogP) is 0.793. The molecule has 0 atom stereocenters. The Bertz CT molecular complexity index is 560. The van der Waals surface area contributed by atoms with Crippen LogP contribution in [-0.2, 0) is 9.84 Å². The van der Waals surface area contributed by atoms with Crippen LogP contribution in [0.15, 0.2) is 18.3 Å². The summed E-state index contributed by atoms with van der Waals surface area (Å²) < 4.78 is 22.9. The van der Waals surface area contributed by atoms with Crippen molar-refractivity contribution < 1.29 is 18.3 Å². The van der Waals surface area contributed by atoms with E-state index in [4.69, 9.17) is 5.11 Å². The van der Waals surface area contributed by atoms with Crippen molar-refractivity contribution in [3.05, 3.63) is 23.9 Å². The number of nitrogens with zero attached hydrogens (tertiary/aromatic N) is 2. The Labute approximate surface area is 112 Å². The van der Waals surface area contributed by atoms with Crippen LogP contribution in [-0.4, -0.2) is 49.1 Å². The summed E-state index contributed by atoms with van der Waals surface area (Å²) in [6.07, 6.45) is 3.76. The number of aromatic carboxylic acids is 1. The van der Waals surface area contributed by atoms with Crippen molar-refractivity contribution in [2.75, 3.05) is 24.2 Å². The maximum absolute atomic E-state index is 11.4. The van der Waals surface area contributed by atoms with Gasteiger partial charge in [-0.15, -0.1) is 0 Å². The first-order valence-corrected chi connectivity index (χ1v) is 7.96. The second-order valence-electron chi connectivity index (χ2n) is 4.73. The maximum atomic E-state index is 11.4. The summed E-state index contributed by atoms with van der Waals surface area (Å²) >= 11 is 0. The largest absolute Gasteiger partial charge is 0.478 e. The van der Waals surface area contributed by atoms with Gasteiger partial charge in [0.2, 0.25) is 0 Å². The van der Waals surface area contributed by atoms with Crippen molar-refractivity contribution in [2.45, 2.75) is 18.1 Å². The van der Waals surface area contributed by atoms with E-state index in [2.05, 4.69) is 4.98 Å². The zero-order valence-corrected chi connectivity index (χ0v) is 11.4. The second-order valence-corrected chi connectivity index (χ2v) is 7.05. The topological polar surface area (TPSA) is 87.6 Å². The summed E-state index contributed by atoms with van der Waals surface area (Å²) in [6.45, 7) is 1.24. The van der Waals surface area contributed by atoms with Crippen LogP contribution >= 0.6 is 0 Å². The third kappa shape index (κ3) is 3.23. The van der Waals surface area contributed by atoms with Gasteiger partial charge in [-0.2, -0.15) is 0 Å². The summed E-state index contributed by atoms with van der Waals surface area (Å²) in [5, 5.41) is 8.51. The molecule has 0 radical (unpaired) electrons. The summed E-state index contributed by atoms with van der Waals surface area (Å²) in [7, 11) is -2.97. The van der Waals surface area contributed by atoms with Gasteiger partial charge in [-0.1, -0.05) is 0 Å². The number of carboxylic acids is 1. The Kier molecular flexibility index (Phi) is 3.75. The van der Waals surface area contributed by atoms with Crippen molar-refractivity contribution >= 4 is 21.6 Å². The first-order valence-electron chi connectivity index (χ1n) is 6.01. The van der Waals surface area contributed by atoms with Gasteiger partial charge in [0.1, 0.15) is 15.7 Å². The minimum atomic E-state index is -2.97. The number of rotatable bonds is 3. The predicted molar refractivity (Wildman–Crippen MR) is 71.3 cm³/mol. The number of pyridine rings is 1. The van der Waals surface area contributed by atoms with Gasteiger partial charge >= 0.3 is 5.97 Å². The number of carboxylic acid groups (broad SMARTS) is 1. The SMILES string of the molecule is CS(=O)(=O)C1CCN(c2ccc(C(=O)O)cn2)CC1. The average molecular weight is 284 g/mol. The fourth-order valence-corrected chi connectivity index (χ4v) is 3.28. The van der Waals surface area contributed by atoms with Crippen molar-refractivity contribution in [2.24, 2.45) is 0 Å². The van der Waals surface area contributed by atoms with Crippen LogP contribution in [0.5, 0.6) is 0 Å². The van der Waals surface area contributed by atoms with Crippen molar-refractivity contribution in [1.82, 2.24) is 4.98 Å². The van der Waals surface area contributed by atoms with Crippen molar-refractivity contribution in [3.63, 3.8) is 0 Å². The Hall–Kier alpha value is -1.63. The lowest BCUT2D eigenvalue weighted by Gasteiger charge is -2.31. The van der Waals surface area contributed by atoms with E-state index in [0.29, 0.717) is 31.7 Å². The Morgan fingerprint density at radius 1 is 1.37 bits per heavy atom. The van der Waals surface area contributed by atoms with Gasteiger partial charge < -0.3 is 10.0 Å². The number of sulfone groups is 1. The van der Waals surface area contributed by atoms with Crippen LogP contribution < -0.4 is 4.90 Å². The van der Waals surface area contributed by atoms with Crippen LogP contribution in [0.1, 0.15) is 23.2 Å². The molecule has 104 valence electrons. The molecule has 6 nitrogen and oxygen atoms in total. The third-order valence-corrected chi connectivity index (χ3v) is 5.05. The van der Waals surface area contributed by atoms with Gasteiger partial charge in [0, 0.05) is 25.5 Å². The number of hydrogen-bond donors (Lipinski definition) is 1. The molecule has 0 bridgehead atoms. The third-order valence-electron chi connectivity index (χ3n) is 3.37. The van der Waals surface area contributed by atoms with Gasteiger partial charge in [-0.3, -0.25) is 0 Å². The van der Waals surface area contributed by atoms with E-state index >= 15 is 0 Å². The minimum Gasteiger partial charge on any atom is -0.478 e. The monoisotopic (exact) mass is 284 g/mol. The second kappa shape index (κ2) is 5.16. The molecule has 1 aliphatic heterocycles. The summed E-state index contributed by atoms with van der Waals surface area (Å²) in [5.41, 5.74) is 0.148. The van der Waals surface area contributed by atoms with Crippen LogP contribution in [0, 0.1) is 0 Å². The molecule has 0 saturated carbocycles. The standard InChI is InChI=1S/C12H16N2O4S/c1-19(17,18)10-4-6-14(7-5-10)11-3-2-9(8-13-11)12(15)16/h2-3,8,10H,4-7H2,1H3,(H,15,16). The lowest BCUT2D eigenvalue weighted by atomic mass is 10.1. The lowest BCUT2D eigenvalue weighted by Crippen LogP contribution is -2.39. The summed E-state index contributed by atoms with van der Waals surface area (Å²) in [5.74, 6) is -0.313. The molecule has 1 fully saturated rings. The van der Waals surface area contributed by atoms with E-state index in [9.17, 15) is 13.2 Å². The van der Waals surface area contributed by atoms with Gasteiger partial charge in [0.05, 0.1) is 10.8 Å². The minimum absolute atomic E-state index is 0.148. The number of carbonyl (C=O) groups is 1. The van der Waals surface area contributed by atoms with Crippen LogP contribution in [0.3, 0.4) is 0 Å². The zero-order chi connectivity index (χ0) is 14.0. The highest BCUT2D eigenvalue weighted by molar-refractivity contribution is 7.91. The Balaban J connectivity index is 2.03. The van der Waals surface area contributed by atoms with E-state index in [0.717, 1.165) is 0 Å². The molecule has 1 N–H and O–H groups in total. The van der Waals surface area contributed by atoms with Crippen molar-refractivity contribution in [3.8, 4) is 0 Å². The number of piperidine rings is 1. The van der Waals surface area contributed by atoms with Gasteiger partial charge in [-0.25, -0.2) is 18.2 Å². The number of hydrogen-bond acceptors (Lipinski definition) is 5. The molecular weight excluding hydrogens is 268 g/mol. The molecule has 1 aromatic heterocycles. The molecule has 1 aromatic rings. The molecule has 0 unspecified atom stereocenters. The van der Waals surface area contributed by atoms with Crippen LogP contribution in [0.4, 0.5) is 5.82 Å². The lowest BCUT2D eigenvalue weighted by molar-refractivity contribution is 0.0696. The molecule has 0 amide bonds. The molecule has 0 spiro atoms. The van der Waals surface area contributed by atoms with Crippen LogP contribution in [0.25, 0.3) is 0 Å². The molecule has 19 heavy (non-hydrogen) atoms. The van der Waals surface area contributed by atoms with E-state index in [1.807, 2.05) is 4.90 Å². The number of anilines is 1. The highest BCUT2D eigenvalue weighted by Crippen LogP contribution is 2.21. The fourth-order valence-electron chi connectivity index (χ4n) is 2.21. The van der Waals surface area contributed by atoms with Crippen LogP contribution in [0.2, 0.25) is 0 Å². The van der Waals surface area contributed by atoms with E-state index in [1.165, 1.54) is 18.5 Å². The maximum Gasteiger partial charge on any atom is 0.337 e. The van der Waals surface area contributed by atoms with Gasteiger partial charge in [-0.05, 0) is 25.0 Å². The highest BCUT2D eigenvalue weighted by atomic mass is 32.2. The molecular formula is C12H16N2O4S. The first-order chi connectivity index (χ1) is 8.88. The molecule has 0 aliphatic carbocycles. The normalized spacial score (nSPS) is 17.4. The summed E-state index contributed by atoms with van der Waals surface area (Å²) in [6, 6.07) is 3.16. The molecule has 2 heterocycles. The van der Waals surface area contributed by atoms with E-state index < -0.39 is 15.8 Å². The molecule has 7 heteroatoms. The molecule has 0 aromatic carbocycles. The highest BCUT2D eigenvalue weighted by Gasteiger charge is 2.27. The quantitative estimate of drug-likeness (QED) is 0.883. The van der Waals surface area contributed by atoms with Crippen molar-refractivity contribution in [1.29, 1.82) is 0 Å². The molecule has 1 aliphatic rings. The van der Waals surface area contributed by atoms with Gasteiger partial charge in [0.25, 0.3) is 0 Å². The molecule has 1 saturated heterocycles. The molecule has 2 rings (SSSR count). The van der Waals surface area contributed by atoms with Gasteiger partial charge in [0.15, 0.2) is 0 Å². The van der Waals surface area contributed by atoms with E-state index in [1.54, 1.807) is 6.07 Å². The van der Waals surface area contributed by atoms with E-state index in [-0.39, 0.29) is 10.8 Å². The average Bonchev–Trinajstić information content (AvgIpc) is 2.38. The smallest absolute Gasteiger partial charge is 0.337 e. The summed E-state index contributed by atoms with van der Waals surface area (Å²) in [4.78, 5) is 16.8. The fraction of sp³-hybridized carbons (Fsp3) is 0.500. The number of aromatic nitrogens is 1.